The first kappa shape index (κ1) is 15.2. The third-order valence-electron chi connectivity index (χ3n) is 4.26. The second kappa shape index (κ2) is 6.98. The number of hydrogen-bond donors (Lipinski definition) is 1. The number of hydrogen-bond acceptors (Lipinski definition) is 3. The first-order valence-corrected chi connectivity index (χ1v) is 7.64. The Labute approximate surface area is 122 Å². The number of nitrogens with one attached hydrogen (secondary N) is 1. The molecule has 0 bridgehead atoms. The third kappa shape index (κ3) is 3.89. The largest absolute Gasteiger partial charge is 0.493 e. The lowest BCUT2D eigenvalue weighted by Crippen LogP contribution is -2.43. The van der Waals surface area contributed by atoms with E-state index in [0.29, 0.717) is 11.5 Å². The molecule has 20 heavy (non-hydrogen) atoms. The Hall–Kier alpha value is -1.22. The molecule has 1 aromatic rings. The van der Waals surface area contributed by atoms with Crippen molar-refractivity contribution in [2.75, 3.05) is 20.3 Å². The summed E-state index contributed by atoms with van der Waals surface area (Å²) in [5.41, 5.74) is 0.451. The van der Waals surface area contributed by atoms with Gasteiger partial charge >= 0.3 is 0 Å². The van der Waals surface area contributed by atoms with Crippen LogP contribution in [0.1, 0.15) is 39.5 Å². The van der Waals surface area contributed by atoms with Crippen molar-refractivity contribution in [1.82, 2.24) is 5.32 Å². The maximum absolute atomic E-state index is 5.91. The summed E-state index contributed by atoms with van der Waals surface area (Å²) in [4.78, 5) is 0. The molecule has 0 atom stereocenters. The van der Waals surface area contributed by atoms with E-state index in [0.717, 1.165) is 31.1 Å². The Bertz CT molecular complexity index is 413. The van der Waals surface area contributed by atoms with E-state index in [1.54, 1.807) is 7.11 Å². The first-order chi connectivity index (χ1) is 9.65. The van der Waals surface area contributed by atoms with Gasteiger partial charge in [0.05, 0.1) is 13.7 Å². The fourth-order valence-corrected chi connectivity index (χ4v) is 2.73. The van der Waals surface area contributed by atoms with E-state index < -0.39 is 0 Å². The lowest BCUT2D eigenvalue weighted by Gasteiger charge is -2.42. The van der Waals surface area contributed by atoms with Gasteiger partial charge in [0, 0.05) is 12.6 Å². The van der Waals surface area contributed by atoms with Gasteiger partial charge in [0.15, 0.2) is 11.5 Å². The van der Waals surface area contributed by atoms with Crippen LogP contribution in [0.3, 0.4) is 0 Å². The van der Waals surface area contributed by atoms with Crippen molar-refractivity contribution in [2.45, 2.75) is 45.6 Å². The molecule has 1 fully saturated rings. The highest BCUT2D eigenvalue weighted by Crippen LogP contribution is 2.43. The van der Waals surface area contributed by atoms with Gasteiger partial charge in [-0.15, -0.1) is 0 Å². The first-order valence-electron chi connectivity index (χ1n) is 7.64. The van der Waals surface area contributed by atoms with Crippen LogP contribution in [0.2, 0.25) is 0 Å². The van der Waals surface area contributed by atoms with Crippen LogP contribution in [0.4, 0.5) is 0 Å². The second-order valence-corrected chi connectivity index (χ2v) is 6.14. The molecule has 0 unspecified atom stereocenters. The topological polar surface area (TPSA) is 30.5 Å². The molecule has 112 valence electrons. The number of benzene rings is 1. The van der Waals surface area contributed by atoms with E-state index in [4.69, 9.17) is 9.47 Å². The molecule has 1 aliphatic rings. The zero-order valence-electron chi connectivity index (χ0n) is 12.9. The zero-order chi connectivity index (χ0) is 14.4. The van der Waals surface area contributed by atoms with Crippen molar-refractivity contribution >= 4 is 0 Å². The number of para-hydroxylation sites is 2. The van der Waals surface area contributed by atoms with Gasteiger partial charge in [-0.2, -0.15) is 0 Å². The van der Waals surface area contributed by atoms with Gasteiger partial charge in [0.2, 0.25) is 0 Å². The smallest absolute Gasteiger partial charge is 0.161 e. The molecule has 0 amide bonds. The molecule has 0 saturated heterocycles. The normalized spacial score (nSPS) is 16.8. The van der Waals surface area contributed by atoms with E-state index in [1.807, 2.05) is 24.3 Å². The van der Waals surface area contributed by atoms with Crippen molar-refractivity contribution in [3.63, 3.8) is 0 Å². The van der Waals surface area contributed by atoms with Crippen molar-refractivity contribution < 1.29 is 9.47 Å². The minimum Gasteiger partial charge on any atom is -0.493 e. The van der Waals surface area contributed by atoms with E-state index in [9.17, 15) is 0 Å². The van der Waals surface area contributed by atoms with E-state index >= 15 is 0 Å². The fraction of sp³-hybridized carbons (Fsp3) is 0.647. The maximum Gasteiger partial charge on any atom is 0.161 e. The Morgan fingerprint density at radius 2 is 1.90 bits per heavy atom. The summed E-state index contributed by atoms with van der Waals surface area (Å²) in [7, 11) is 1.68. The highest BCUT2D eigenvalue weighted by atomic mass is 16.5. The van der Waals surface area contributed by atoms with Crippen LogP contribution < -0.4 is 14.8 Å². The van der Waals surface area contributed by atoms with Crippen molar-refractivity contribution in [2.24, 2.45) is 5.41 Å². The number of methoxy groups -OCH3 is 1. The molecule has 1 aromatic carbocycles. The van der Waals surface area contributed by atoms with Gasteiger partial charge in [-0.1, -0.05) is 32.4 Å². The number of rotatable bonds is 8. The summed E-state index contributed by atoms with van der Waals surface area (Å²) in [6, 6.07) is 8.42. The van der Waals surface area contributed by atoms with Crippen molar-refractivity contribution in [1.29, 1.82) is 0 Å². The van der Waals surface area contributed by atoms with E-state index in [1.165, 1.54) is 19.3 Å². The molecule has 0 aliphatic heterocycles. The Kier molecular flexibility index (Phi) is 5.30. The van der Waals surface area contributed by atoms with Crippen molar-refractivity contribution in [3.8, 4) is 11.5 Å². The minimum absolute atomic E-state index is 0.451. The monoisotopic (exact) mass is 277 g/mol. The van der Waals surface area contributed by atoms with Gasteiger partial charge in [0.1, 0.15) is 0 Å². The quantitative estimate of drug-likeness (QED) is 0.787. The predicted octanol–water partition coefficient (Wildman–Crippen LogP) is 3.63. The highest BCUT2D eigenvalue weighted by Gasteiger charge is 2.36. The van der Waals surface area contributed by atoms with Crippen LogP contribution in [0.25, 0.3) is 0 Å². The van der Waals surface area contributed by atoms with Gasteiger partial charge in [0.25, 0.3) is 0 Å². The summed E-state index contributed by atoms with van der Waals surface area (Å²) >= 11 is 0. The maximum atomic E-state index is 5.91. The molecular formula is C17H27NO2. The average Bonchev–Trinajstić information content (AvgIpc) is 2.41. The standard InChI is InChI=1S/C17H27NO2/c1-14(2)18-13-17(9-6-10-17)11-12-20-16-8-5-4-7-15(16)19-3/h4-5,7-8,14,18H,6,9-13H2,1-3H3. The zero-order valence-corrected chi connectivity index (χ0v) is 12.9. The molecule has 0 heterocycles. The van der Waals surface area contributed by atoms with Crippen LogP contribution in [-0.2, 0) is 0 Å². The number of ether oxygens (including phenoxy) is 2. The summed E-state index contributed by atoms with van der Waals surface area (Å²) in [6.45, 7) is 6.29. The predicted molar refractivity (Wildman–Crippen MR) is 82.5 cm³/mol. The van der Waals surface area contributed by atoms with Crippen LogP contribution in [0.5, 0.6) is 11.5 Å². The van der Waals surface area contributed by atoms with Gasteiger partial charge in [-0.3, -0.25) is 0 Å². The molecule has 0 spiro atoms. The van der Waals surface area contributed by atoms with Gasteiger partial charge in [-0.05, 0) is 36.8 Å². The Morgan fingerprint density at radius 1 is 1.20 bits per heavy atom. The average molecular weight is 277 g/mol. The summed E-state index contributed by atoms with van der Waals surface area (Å²) in [6.07, 6.45) is 5.11. The van der Waals surface area contributed by atoms with Gasteiger partial charge in [-0.25, -0.2) is 0 Å². The van der Waals surface area contributed by atoms with Crippen LogP contribution in [0.15, 0.2) is 24.3 Å². The summed E-state index contributed by atoms with van der Waals surface area (Å²) < 4.78 is 11.2. The molecule has 0 aromatic heterocycles. The molecule has 3 nitrogen and oxygen atoms in total. The van der Waals surface area contributed by atoms with Crippen LogP contribution >= 0.6 is 0 Å². The SMILES string of the molecule is COc1ccccc1OCCC1(CNC(C)C)CCC1. The van der Waals surface area contributed by atoms with Crippen LogP contribution in [-0.4, -0.2) is 26.3 Å². The molecule has 2 rings (SSSR count). The Balaban J connectivity index is 1.82. The van der Waals surface area contributed by atoms with Crippen LogP contribution in [0, 0.1) is 5.41 Å². The lowest BCUT2D eigenvalue weighted by molar-refractivity contribution is 0.0889. The second-order valence-electron chi connectivity index (χ2n) is 6.14. The third-order valence-corrected chi connectivity index (χ3v) is 4.26. The summed E-state index contributed by atoms with van der Waals surface area (Å²) in [5.74, 6) is 1.66. The molecule has 1 aliphatic carbocycles. The molecule has 3 heteroatoms. The minimum atomic E-state index is 0.451. The Morgan fingerprint density at radius 3 is 2.45 bits per heavy atom. The van der Waals surface area contributed by atoms with Crippen molar-refractivity contribution in [3.05, 3.63) is 24.3 Å². The lowest BCUT2D eigenvalue weighted by atomic mass is 9.66. The van der Waals surface area contributed by atoms with E-state index in [-0.39, 0.29) is 0 Å². The van der Waals surface area contributed by atoms with Gasteiger partial charge < -0.3 is 14.8 Å². The molecule has 1 N–H and O–H groups in total. The summed E-state index contributed by atoms with van der Waals surface area (Å²) in [5, 5.41) is 3.58. The molecular weight excluding hydrogens is 250 g/mol. The van der Waals surface area contributed by atoms with E-state index in [2.05, 4.69) is 19.2 Å². The fourth-order valence-electron chi connectivity index (χ4n) is 2.73. The molecule has 0 radical (unpaired) electrons. The molecule has 1 saturated carbocycles. The highest BCUT2D eigenvalue weighted by molar-refractivity contribution is 5.39.